The zero-order valence-electron chi connectivity index (χ0n) is 8.29. The Hall–Kier alpha value is -0.930. The van der Waals surface area contributed by atoms with Crippen LogP contribution in [0.4, 0.5) is 11.4 Å². The fourth-order valence-corrected chi connectivity index (χ4v) is 2.46. The summed E-state index contributed by atoms with van der Waals surface area (Å²) in [6, 6.07) is 6.34. The van der Waals surface area contributed by atoms with Gasteiger partial charge in [-0.15, -0.1) is 0 Å². The number of para-hydroxylation sites is 1. The lowest BCUT2D eigenvalue weighted by Crippen LogP contribution is -2.29. The van der Waals surface area contributed by atoms with E-state index >= 15 is 0 Å². The molecular weight excluding hydrogens is 212 g/mol. The van der Waals surface area contributed by atoms with Crippen molar-refractivity contribution in [2.75, 3.05) is 30.4 Å². The zero-order chi connectivity index (χ0) is 10.3. The highest BCUT2D eigenvalue weighted by Gasteiger charge is 2.31. The van der Waals surface area contributed by atoms with Gasteiger partial charge in [-0.3, -0.25) is 0 Å². The molecule has 1 saturated heterocycles. The molecule has 2 atom stereocenters. The number of halogens is 1. The van der Waals surface area contributed by atoms with E-state index < -0.39 is 0 Å². The molecule has 2 aliphatic rings. The fraction of sp³-hybridized carbons (Fsp3) is 0.455. The molecule has 0 radical (unpaired) electrons. The largest absolute Gasteiger partial charge is 0.382 e. The second kappa shape index (κ2) is 3.58. The highest BCUT2D eigenvalue weighted by atomic mass is 35.5. The van der Waals surface area contributed by atoms with Crippen LogP contribution in [-0.4, -0.2) is 25.8 Å². The number of benzene rings is 1. The smallest absolute Gasteiger partial charge is 0.0765 e. The third kappa shape index (κ3) is 1.56. The average molecular weight is 225 g/mol. The summed E-state index contributed by atoms with van der Waals surface area (Å²) in [6.07, 6.45) is 0. The molecule has 1 aromatic rings. The summed E-state index contributed by atoms with van der Waals surface area (Å²) in [5.74, 6) is 0.536. The standard InChI is InChI=1S/C11H13ClN2O/c12-8-2-1-3-9-11(8)13-4-7-5-15-6-10(7)14-9/h1-3,7,10,13-14H,4-6H2. The average Bonchev–Trinajstić information content (AvgIpc) is 2.58. The molecule has 4 heteroatoms. The van der Waals surface area contributed by atoms with Crippen molar-refractivity contribution in [1.29, 1.82) is 0 Å². The minimum Gasteiger partial charge on any atom is -0.382 e. The van der Waals surface area contributed by atoms with Crippen LogP contribution in [0.15, 0.2) is 18.2 Å². The first-order valence-corrected chi connectivity index (χ1v) is 5.59. The number of ether oxygens (including phenoxy) is 1. The molecule has 0 aliphatic carbocycles. The van der Waals surface area contributed by atoms with E-state index in [0.717, 1.165) is 36.2 Å². The van der Waals surface area contributed by atoms with Gasteiger partial charge in [0.1, 0.15) is 0 Å². The van der Waals surface area contributed by atoms with E-state index in [1.165, 1.54) is 0 Å². The van der Waals surface area contributed by atoms with Gasteiger partial charge in [0, 0.05) is 12.5 Å². The van der Waals surface area contributed by atoms with E-state index in [4.69, 9.17) is 16.3 Å². The third-order valence-electron chi connectivity index (χ3n) is 3.09. The van der Waals surface area contributed by atoms with Crippen LogP contribution in [0.25, 0.3) is 0 Å². The maximum atomic E-state index is 6.14. The summed E-state index contributed by atoms with van der Waals surface area (Å²) in [5.41, 5.74) is 2.11. The SMILES string of the molecule is Clc1cccc2c1NCC1COCC1N2. The lowest BCUT2D eigenvalue weighted by Gasteiger charge is -2.15. The maximum Gasteiger partial charge on any atom is 0.0765 e. The quantitative estimate of drug-likeness (QED) is 0.709. The Kier molecular flexibility index (Phi) is 2.22. The van der Waals surface area contributed by atoms with Gasteiger partial charge < -0.3 is 15.4 Å². The number of hydrogen-bond donors (Lipinski definition) is 2. The molecular formula is C11H13ClN2O. The van der Waals surface area contributed by atoms with Crippen LogP contribution >= 0.6 is 11.6 Å². The molecule has 2 unspecified atom stereocenters. The van der Waals surface area contributed by atoms with E-state index in [2.05, 4.69) is 16.7 Å². The van der Waals surface area contributed by atoms with Crippen LogP contribution < -0.4 is 10.6 Å². The normalized spacial score (nSPS) is 28.3. The van der Waals surface area contributed by atoms with E-state index in [1.807, 2.05) is 12.1 Å². The number of hydrogen-bond acceptors (Lipinski definition) is 3. The Morgan fingerprint density at radius 1 is 1.33 bits per heavy atom. The fourth-order valence-electron chi connectivity index (χ4n) is 2.22. The summed E-state index contributed by atoms with van der Waals surface area (Å²) in [5, 5.41) is 7.66. The number of nitrogens with one attached hydrogen (secondary N) is 2. The highest BCUT2D eigenvalue weighted by Crippen LogP contribution is 2.34. The Labute approximate surface area is 93.8 Å². The molecule has 1 aromatic carbocycles. The van der Waals surface area contributed by atoms with Crippen LogP contribution in [0.5, 0.6) is 0 Å². The molecule has 2 heterocycles. The van der Waals surface area contributed by atoms with Crippen molar-refractivity contribution < 1.29 is 4.74 Å². The van der Waals surface area contributed by atoms with Gasteiger partial charge in [0.2, 0.25) is 0 Å². The number of anilines is 2. The molecule has 0 aromatic heterocycles. The zero-order valence-corrected chi connectivity index (χ0v) is 9.05. The molecule has 1 fully saturated rings. The van der Waals surface area contributed by atoms with Crippen molar-refractivity contribution in [2.24, 2.45) is 5.92 Å². The van der Waals surface area contributed by atoms with Crippen LogP contribution in [0.1, 0.15) is 0 Å². The van der Waals surface area contributed by atoms with Gasteiger partial charge in [-0.2, -0.15) is 0 Å². The van der Waals surface area contributed by atoms with E-state index in [-0.39, 0.29) is 0 Å². The summed E-state index contributed by atoms with van der Waals surface area (Å²) in [4.78, 5) is 0. The second-order valence-electron chi connectivity index (χ2n) is 4.09. The van der Waals surface area contributed by atoms with Crippen molar-refractivity contribution in [3.63, 3.8) is 0 Å². The van der Waals surface area contributed by atoms with E-state index in [9.17, 15) is 0 Å². The first kappa shape index (κ1) is 9.31. The molecule has 0 saturated carbocycles. The topological polar surface area (TPSA) is 33.3 Å². The Morgan fingerprint density at radius 2 is 2.27 bits per heavy atom. The van der Waals surface area contributed by atoms with Gasteiger partial charge in [-0.05, 0) is 12.1 Å². The molecule has 3 rings (SSSR count). The molecule has 0 bridgehead atoms. The van der Waals surface area contributed by atoms with Gasteiger partial charge in [0.25, 0.3) is 0 Å². The lowest BCUT2D eigenvalue weighted by molar-refractivity contribution is 0.186. The van der Waals surface area contributed by atoms with Gasteiger partial charge in [0.05, 0.1) is 35.7 Å². The van der Waals surface area contributed by atoms with Crippen LogP contribution in [0, 0.1) is 5.92 Å². The van der Waals surface area contributed by atoms with Crippen molar-refractivity contribution in [2.45, 2.75) is 6.04 Å². The van der Waals surface area contributed by atoms with Gasteiger partial charge in [-0.25, -0.2) is 0 Å². The molecule has 2 aliphatic heterocycles. The highest BCUT2D eigenvalue weighted by molar-refractivity contribution is 6.34. The van der Waals surface area contributed by atoms with Crippen molar-refractivity contribution in [3.8, 4) is 0 Å². The Balaban J connectivity index is 1.97. The van der Waals surface area contributed by atoms with E-state index in [1.54, 1.807) is 0 Å². The molecule has 15 heavy (non-hydrogen) atoms. The third-order valence-corrected chi connectivity index (χ3v) is 3.41. The number of rotatable bonds is 0. The van der Waals surface area contributed by atoms with E-state index in [0.29, 0.717) is 12.0 Å². The monoisotopic (exact) mass is 224 g/mol. The molecule has 3 nitrogen and oxygen atoms in total. The second-order valence-corrected chi connectivity index (χ2v) is 4.50. The minimum absolute atomic E-state index is 0.414. The predicted molar refractivity (Wildman–Crippen MR) is 61.7 cm³/mol. The first-order chi connectivity index (χ1) is 7.34. The summed E-state index contributed by atoms with van der Waals surface area (Å²) >= 11 is 6.14. The lowest BCUT2D eigenvalue weighted by atomic mass is 10.0. The maximum absolute atomic E-state index is 6.14. The Bertz CT molecular complexity index is 383. The van der Waals surface area contributed by atoms with Crippen LogP contribution in [0.3, 0.4) is 0 Å². The first-order valence-electron chi connectivity index (χ1n) is 5.21. The Morgan fingerprint density at radius 3 is 3.20 bits per heavy atom. The van der Waals surface area contributed by atoms with Crippen molar-refractivity contribution in [3.05, 3.63) is 23.2 Å². The van der Waals surface area contributed by atoms with Gasteiger partial charge in [0.15, 0.2) is 0 Å². The van der Waals surface area contributed by atoms with Crippen LogP contribution in [0.2, 0.25) is 5.02 Å². The molecule has 2 N–H and O–H groups in total. The van der Waals surface area contributed by atoms with Crippen molar-refractivity contribution in [1.82, 2.24) is 0 Å². The van der Waals surface area contributed by atoms with Crippen LogP contribution in [-0.2, 0) is 4.74 Å². The van der Waals surface area contributed by atoms with Gasteiger partial charge >= 0.3 is 0 Å². The molecule has 0 amide bonds. The van der Waals surface area contributed by atoms with Crippen molar-refractivity contribution >= 4 is 23.0 Å². The molecule has 80 valence electrons. The number of fused-ring (bicyclic) bond motifs is 2. The minimum atomic E-state index is 0.414. The summed E-state index contributed by atoms with van der Waals surface area (Å²) < 4.78 is 5.46. The summed E-state index contributed by atoms with van der Waals surface area (Å²) in [7, 11) is 0. The molecule has 0 spiro atoms. The predicted octanol–water partition coefficient (Wildman–Crippen LogP) is 2.19. The van der Waals surface area contributed by atoms with Gasteiger partial charge in [-0.1, -0.05) is 17.7 Å². The summed E-state index contributed by atoms with van der Waals surface area (Å²) in [6.45, 7) is 2.54.